The first-order chi connectivity index (χ1) is 10.2. The van der Waals surface area contributed by atoms with Crippen LogP contribution in [-0.4, -0.2) is 35.7 Å². The van der Waals surface area contributed by atoms with Gasteiger partial charge in [0.25, 0.3) is 0 Å². The number of benzene rings is 1. The molecular weight excluding hydrogens is 270 g/mol. The molecule has 21 heavy (non-hydrogen) atoms. The first-order valence-electron chi connectivity index (χ1n) is 7.41. The van der Waals surface area contributed by atoms with Crippen molar-refractivity contribution in [3.63, 3.8) is 0 Å². The Labute approximate surface area is 123 Å². The van der Waals surface area contributed by atoms with Crippen molar-refractivity contribution in [2.24, 2.45) is 0 Å². The molecule has 2 atom stereocenters. The molecule has 0 aromatic heterocycles. The fourth-order valence-electron chi connectivity index (χ4n) is 3.03. The van der Waals surface area contributed by atoms with E-state index in [0.29, 0.717) is 19.4 Å². The van der Waals surface area contributed by atoms with Crippen molar-refractivity contribution in [2.45, 2.75) is 44.4 Å². The molecule has 5 nitrogen and oxygen atoms in total. The second-order valence-electron chi connectivity index (χ2n) is 5.51. The first-order valence-corrected chi connectivity index (χ1v) is 7.41. The molecule has 0 saturated carbocycles. The molecule has 3 rings (SSSR count). The van der Waals surface area contributed by atoms with Gasteiger partial charge in [0.05, 0.1) is 6.04 Å². The molecule has 0 spiro atoms. The molecule has 0 bridgehead atoms. The Bertz CT molecular complexity index is 516. The molecule has 1 amide bonds. The summed E-state index contributed by atoms with van der Waals surface area (Å²) in [4.78, 5) is 25.2. The summed E-state index contributed by atoms with van der Waals surface area (Å²) in [5.41, 5.74) is 0.967. The fourth-order valence-corrected chi connectivity index (χ4v) is 3.03. The number of carbonyl (C=O) groups is 2. The second-order valence-corrected chi connectivity index (χ2v) is 5.51. The maximum atomic E-state index is 12.2. The van der Waals surface area contributed by atoms with E-state index in [2.05, 4.69) is 0 Å². The number of carbonyl (C=O) groups excluding carboxylic acids is 2. The molecular formula is C16H19NO4. The zero-order valence-electron chi connectivity index (χ0n) is 11.9. The van der Waals surface area contributed by atoms with Crippen molar-refractivity contribution in [1.29, 1.82) is 0 Å². The summed E-state index contributed by atoms with van der Waals surface area (Å²) >= 11 is 0. The maximum absolute atomic E-state index is 12.2. The van der Waals surface area contributed by atoms with Gasteiger partial charge in [-0.05, 0) is 24.8 Å². The van der Waals surface area contributed by atoms with Crippen molar-refractivity contribution in [3.8, 4) is 0 Å². The minimum atomic E-state index is -0.315. The molecule has 2 fully saturated rings. The molecule has 2 aliphatic rings. The lowest BCUT2D eigenvalue weighted by molar-refractivity contribution is -0.143. The molecule has 112 valence electrons. The number of hydrogen-bond acceptors (Lipinski definition) is 4. The lowest BCUT2D eigenvalue weighted by Gasteiger charge is -2.27. The van der Waals surface area contributed by atoms with E-state index in [1.807, 2.05) is 30.3 Å². The number of rotatable bonds is 3. The molecule has 1 aromatic rings. The summed E-state index contributed by atoms with van der Waals surface area (Å²) in [7, 11) is 0. The number of nitrogens with zero attached hydrogens (tertiary/aromatic N) is 1. The number of hydrogen-bond donors (Lipinski definition) is 0. The van der Waals surface area contributed by atoms with Crippen LogP contribution in [0.3, 0.4) is 0 Å². The molecule has 2 aliphatic heterocycles. The van der Waals surface area contributed by atoms with Crippen LogP contribution >= 0.6 is 0 Å². The number of amides is 1. The average Bonchev–Trinajstić information content (AvgIpc) is 3.14. The Morgan fingerprint density at radius 2 is 2.10 bits per heavy atom. The molecule has 2 saturated heterocycles. The Hall–Kier alpha value is -2.04. The van der Waals surface area contributed by atoms with Gasteiger partial charge < -0.3 is 14.4 Å². The summed E-state index contributed by atoms with van der Waals surface area (Å²) in [6.07, 6.45) is 2.48. The summed E-state index contributed by atoms with van der Waals surface area (Å²) in [6.45, 7) is 0.944. The van der Waals surface area contributed by atoms with Crippen LogP contribution in [0.1, 0.15) is 31.2 Å². The quantitative estimate of drug-likeness (QED) is 0.802. The van der Waals surface area contributed by atoms with Crippen LogP contribution in [0.15, 0.2) is 30.3 Å². The van der Waals surface area contributed by atoms with Crippen molar-refractivity contribution < 1.29 is 19.1 Å². The van der Waals surface area contributed by atoms with Gasteiger partial charge in [0.15, 0.2) is 0 Å². The van der Waals surface area contributed by atoms with Gasteiger partial charge in [-0.25, -0.2) is 4.79 Å². The van der Waals surface area contributed by atoms with Gasteiger partial charge in [-0.2, -0.15) is 0 Å². The minimum absolute atomic E-state index is 0.0280. The molecule has 5 heteroatoms. The molecule has 0 unspecified atom stereocenters. The van der Waals surface area contributed by atoms with Crippen molar-refractivity contribution >= 4 is 12.1 Å². The predicted molar refractivity (Wildman–Crippen MR) is 75.5 cm³/mol. The van der Waals surface area contributed by atoms with Crippen LogP contribution in [0.5, 0.6) is 0 Å². The minimum Gasteiger partial charge on any atom is -0.460 e. The van der Waals surface area contributed by atoms with Gasteiger partial charge in [-0.15, -0.1) is 0 Å². The third kappa shape index (κ3) is 3.17. The standard InChI is InChI=1S/C16H19NO4/c18-15-9-8-14(21-15)13-7-4-10-17(13)16(19)20-11-12-5-2-1-3-6-12/h1-3,5-6,13-14H,4,7-11H2/t13-,14-/m0/s1. The maximum Gasteiger partial charge on any atom is 0.410 e. The number of likely N-dealkylation sites (tertiary alicyclic amines) is 1. The molecule has 0 N–H and O–H groups in total. The van der Waals surface area contributed by atoms with Crippen LogP contribution in [0, 0.1) is 0 Å². The molecule has 0 aliphatic carbocycles. The number of cyclic esters (lactones) is 1. The Morgan fingerprint density at radius 1 is 1.29 bits per heavy atom. The van der Waals surface area contributed by atoms with Crippen LogP contribution < -0.4 is 0 Å². The van der Waals surface area contributed by atoms with Crippen molar-refractivity contribution in [1.82, 2.24) is 4.90 Å². The first kappa shape index (κ1) is 13.9. The summed E-state index contributed by atoms with van der Waals surface area (Å²) < 4.78 is 10.7. The second kappa shape index (κ2) is 6.16. The largest absolute Gasteiger partial charge is 0.460 e. The third-order valence-corrected chi connectivity index (χ3v) is 4.08. The zero-order chi connectivity index (χ0) is 14.7. The highest BCUT2D eigenvalue weighted by Crippen LogP contribution is 2.29. The predicted octanol–water partition coefficient (Wildman–Crippen LogP) is 2.49. The van der Waals surface area contributed by atoms with E-state index in [1.165, 1.54) is 0 Å². The van der Waals surface area contributed by atoms with Gasteiger partial charge >= 0.3 is 12.1 Å². The van der Waals surface area contributed by atoms with Gasteiger partial charge in [0.1, 0.15) is 12.7 Å². The smallest absolute Gasteiger partial charge is 0.410 e. The Morgan fingerprint density at radius 3 is 2.81 bits per heavy atom. The lowest BCUT2D eigenvalue weighted by atomic mass is 10.1. The van der Waals surface area contributed by atoms with E-state index >= 15 is 0 Å². The van der Waals surface area contributed by atoms with Crippen molar-refractivity contribution in [3.05, 3.63) is 35.9 Å². The number of ether oxygens (including phenoxy) is 2. The van der Waals surface area contributed by atoms with Crippen LogP contribution in [0.2, 0.25) is 0 Å². The van der Waals surface area contributed by atoms with E-state index in [9.17, 15) is 9.59 Å². The molecule has 2 heterocycles. The monoisotopic (exact) mass is 289 g/mol. The van der Waals surface area contributed by atoms with Crippen molar-refractivity contribution in [2.75, 3.05) is 6.54 Å². The topological polar surface area (TPSA) is 55.8 Å². The highest BCUT2D eigenvalue weighted by molar-refractivity contribution is 5.72. The highest BCUT2D eigenvalue weighted by Gasteiger charge is 2.40. The summed E-state index contributed by atoms with van der Waals surface area (Å²) in [6, 6.07) is 9.58. The number of esters is 1. The fraction of sp³-hybridized carbons (Fsp3) is 0.500. The van der Waals surface area contributed by atoms with E-state index in [1.54, 1.807) is 4.90 Å². The summed E-state index contributed by atoms with van der Waals surface area (Å²) in [5.74, 6) is -0.162. The average molecular weight is 289 g/mol. The Kier molecular flexibility index (Phi) is 4.08. The summed E-state index contributed by atoms with van der Waals surface area (Å²) in [5, 5.41) is 0. The third-order valence-electron chi connectivity index (χ3n) is 4.08. The van der Waals surface area contributed by atoms with Crippen LogP contribution in [-0.2, 0) is 20.9 Å². The molecule has 1 aromatic carbocycles. The zero-order valence-corrected chi connectivity index (χ0v) is 11.9. The van der Waals surface area contributed by atoms with E-state index in [-0.39, 0.29) is 30.8 Å². The SMILES string of the molecule is O=C1CC[C@@H]([C@@H]2CCCN2C(=O)OCc2ccccc2)O1. The normalized spacial score (nSPS) is 25.0. The van der Waals surface area contributed by atoms with E-state index < -0.39 is 0 Å². The van der Waals surface area contributed by atoms with Gasteiger partial charge in [0.2, 0.25) is 0 Å². The van der Waals surface area contributed by atoms with Gasteiger partial charge in [-0.1, -0.05) is 30.3 Å². The van der Waals surface area contributed by atoms with E-state index in [0.717, 1.165) is 18.4 Å². The van der Waals surface area contributed by atoms with E-state index in [4.69, 9.17) is 9.47 Å². The Balaban J connectivity index is 1.57. The van der Waals surface area contributed by atoms with Crippen LogP contribution in [0.25, 0.3) is 0 Å². The van der Waals surface area contributed by atoms with Crippen LogP contribution in [0.4, 0.5) is 4.79 Å². The lowest BCUT2D eigenvalue weighted by Crippen LogP contribution is -2.42. The van der Waals surface area contributed by atoms with Gasteiger partial charge in [0, 0.05) is 13.0 Å². The molecule has 0 radical (unpaired) electrons. The highest BCUT2D eigenvalue weighted by atomic mass is 16.6. The van der Waals surface area contributed by atoms with Gasteiger partial charge in [-0.3, -0.25) is 4.79 Å².